The Balaban J connectivity index is 2.05. The van der Waals surface area contributed by atoms with Crippen LogP contribution in [-0.4, -0.2) is 42.4 Å². The fraction of sp³-hybridized carbons (Fsp3) is 0.250. The van der Waals surface area contributed by atoms with E-state index < -0.39 is 15.9 Å². The number of benzene rings is 1. The van der Waals surface area contributed by atoms with E-state index in [4.69, 9.17) is 11.6 Å². The highest BCUT2D eigenvalue weighted by atomic mass is 35.5. The SMILES string of the molecule is Cc1nnc(NC(=O)CN(C)S(=O)(=O)c2ccc(Cl)cc2)s1. The van der Waals surface area contributed by atoms with E-state index in [-0.39, 0.29) is 11.4 Å². The summed E-state index contributed by atoms with van der Waals surface area (Å²) in [6.07, 6.45) is 0. The molecule has 0 bridgehead atoms. The number of nitrogens with one attached hydrogen (secondary N) is 1. The van der Waals surface area contributed by atoms with E-state index in [0.717, 1.165) is 4.31 Å². The van der Waals surface area contributed by atoms with Crippen molar-refractivity contribution in [1.82, 2.24) is 14.5 Å². The molecule has 0 atom stereocenters. The molecular formula is C12H13ClN4O3S2. The van der Waals surface area contributed by atoms with Crippen LogP contribution in [0.3, 0.4) is 0 Å². The number of likely N-dealkylation sites (N-methyl/N-ethyl adjacent to an activating group) is 1. The van der Waals surface area contributed by atoms with E-state index in [0.29, 0.717) is 15.2 Å². The van der Waals surface area contributed by atoms with Crippen LogP contribution in [0, 0.1) is 6.92 Å². The van der Waals surface area contributed by atoms with Gasteiger partial charge in [0.2, 0.25) is 21.1 Å². The molecule has 2 rings (SSSR count). The molecule has 118 valence electrons. The Hall–Kier alpha value is -1.55. The second-order valence-electron chi connectivity index (χ2n) is 4.39. The van der Waals surface area contributed by atoms with Gasteiger partial charge in [0.25, 0.3) is 0 Å². The third kappa shape index (κ3) is 4.01. The monoisotopic (exact) mass is 360 g/mol. The minimum absolute atomic E-state index is 0.0685. The molecule has 1 heterocycles. The van der Waals surface area contributed by atoms with Gasteiger partial charge >= 0.3 is 0 Å². The Bertz CT molecular complexity index is 774. The number of aromatic nitrogens is 2. The summed E-state index contributed by atoms with van der Waals surface area (Å²) < 4.78 is 25.6. The number of halogens is 1. The van der Waals surface area contributed by atoms with Crippen LogP contribution in [0.15, 0.2) is 29.2 Å². The first-order valence-electron chi connectivity index (χ1n) is 6.11. The normalized spacial score (nSPS) is 11.6. The molecule has 1 N–H and O–H groups in total. The zero-order valence-electron chi connectivity index (χ0n) is 11.8. The van der Waals surface area contributed by atoms with Crippen LogP contribution >= 0.6 is 22.9 Å². The van der Waals surface area contributed by atoms with E-state index >= 15 is 0 Å². The number of carbonyl (C=O) groups excluding carboxylic acids is 1. The van der Waals surface area contributed by atoms with Gasteiger partial charge in [-0.3, -0.25) is 10.1 Å². The molecule has 0 saturated heterocycles. The van der Waals surface area contributed by atoms with E-state index in [2.05, 4.69) is 15.5 Å². The molecule has 1 aromatic heterocycles. The maximum atomic E-state index is 12.3. The number of hydrogen-bond acceptors (Lipinski definition) is 6. The van der Waals surface area contributed by atoms with Crippen molar-refractivity contribution in [2.24, 2.45) is 0 Å². The second-order valence-corrected chi connectivity index (χ2v) is 8.05. The van der Waals surface area contributed by atoms with Crippen molar-refractivity contribution in [2.75, 3.05) is 18.9 Å². The predicted octanol–water partition coefficient (Wildman–Crippen LogP) is 1.76. The smallest absolute Gasteiger partial charge is 0.243 e. The Kier molecular flexibility index (Phi) is 5.12. The van der Waals surface area contributed by atoms with Gasteiger partial charge in [-0.15, -0.1) is 10.2 Å². The topological polar surface area (TPSA) is 92.3 Å². The lowest BCUT2D eigenvalue weighted by Crippen LogP contribution is -2.34. The predicted molar refractivity (Wildman–Crippen MR) is 84.5 cm³/mol. The molecule has 1 aromatic carbocycles. The Labute approximate surface area is 137 Å². The number of rotatable bonds is 5. The Morgan fingerprint density at radius 1 is 1.32 bits per heavy atom. The van der Waals surface area contributed by atoms with Crippen molar-refractivity contribution < 1.29 is 13.2 Å². The maximum absolute atomic E-state index is 12.3. The van der Waals surface area contributed by atoms with Crippen LogP contribution in [0.25, 0.3) is 0 Å². The third-order valence-electron chi connectivity index (χ3n) is 2.66. The first kappa shape index (κ1) is 16.8. The molecule has 2 aromatic rings. The van der Waals surface area contributed by atoms with Crippen molar-refractivity contribution in [3.05, 3.63) is 34.3 Å². The van der Waals surface area contributed by atoms with Crippen LogP contribution < -0.4 is 5.32 Å². The summed E-state index contributed by atoms with van der Waals surface area (Å²) in [6, 6.07) is 5.74. The number of aryl methyl sites for hydroxylation is 1. The molecule has 22 heavy (non-hydrogen) atoms. The van der Waals surface area contributed by atoms with Gasteiger partial charge in [-0.05, 0) is 31.2 Å². The van der Waals surface area contributed by atoms with E-state index in [1.165, 1.54) is 42.6 Å². The van der Waals surface area contributed by atoms with Crippen LogP contribution in [0.1, 0.15) is 5.01 Å². The quantitative estimate of drug-likeness (QED) is 0.877. The fourth-order valence-corrected chi connectivity index (χ4v) is 3.44. The lowest BCUT2D eigenvalue weighted by atomic mass is 10.4. The number of hydrogen-bond donors (Lipinski definition) is 1. The molecule has 0 fully saturated rings. The zero-order chi connectivity index (χ0) is 16.3. The summed E-state index contributed by atoms with van der Waals surface area (Å²) in [5, 5.41) is 11.5. The Morgan fingerprint density at radius 2 is 1.95 bits per heavy atom. The van der Waals surface area contributed by atoms with Crippen molar-refractivity contribution in [3.63, 3.8) is 0 Å². The van der Waals surface area contributed by atoms with Gasteiger partial charge < -0.3 is 0 Å². The van der Waals surface area contributed by atoms with Crippen molar-refractivity contribution >= 4 is 44.0 Å². The van der Waals surface area contributed by atoms with Gasteiger partial charge in [0.05, 0.1) is 11.4 Å². The Morgan fingerprint density at radius 3 is 2.50 bits per heavy atom. The van der Waals surface area contributed by atoms with Crippen LogP contribution in [0.4, 0.5) is 5.13 Å². The first-order chi connectivity index (χ1) is 10.3. The first-order valence-corrected chi connectivity index (χ1v) is 8.74. The highest BCUT2D eigenvalue weighted by Crippen LogP contribution is 2.18. The highest BCUT2D eigenvalue weighted by Gasteiger charge is 2.23. The molecule has 10 heteroatoms. The fourth-order valence-electron chi connectivity index (χ4n) is 1.58. The van der Waals surface area contributed by atoms with E-state index in [9.17, 15) is 13.2 Å². The molecule has 1 amide bonds. The van der Waals surface area contributed by atoms with Gasteiger partial charge in [0, 0.05) is 12.1 Å². The number of sulfonamides is 1. The summed E-state index contributed by atoms with van der Waals surface area (Å²) in [4.78, 5) is 11.9. The van der Waals surface area contributed by atoms with Gasteiger partial charge in [0.1, 0.15) is 5.01 Å². The molecule has 0 saturated carbocycles. The van der Waals surface area contributed by atoms with Gasteiger partial charge in [-0.25, -0.2) is 8.42 Å². The minimum Gasteiger partial charge on any atom is -0.299 e. The number of amides is 1. The van der Waals surface area contributed by atoms with Gasteiger partial charge in [-0.1, -0.05) is 22.9 Å². The number of nitrogens with zero attached hydrogens (tertiary/aromatic N) is 3. The average molecular weight is 361 g/mol. The summed E-state index contributed by atoms with van der Waals surface area (Å²) in [7, 11) is -2.43. The number of anilines is 1. The molecule has 0 unspecified atom stereocenters. The van der Waals surface area contributed by atoms with Gasteiger partial charge in [0.15, 0.2) is 0 Å². The molecule has 0 aliphatic heterocycles. The molecule has 0 radical (unpaired) electrons. The zero-order valence-corrected chi connectivity index (χ0v) is 14.2. The molecular weight excluding hydrogens is 348 g/mol. The summed E-state index contributed by atoms with van der Waals surface area (Å²) in [6.45, 7) is 1.42. The molecule has 0 spiro atoms. The molecule has 0 aliphatic carbocycles. The van der Waals surface area contributed by atoms with Gasteiger partial charge in [-0.2, -0.15) is 4.31 Å². The van der Waals surface area contributed by atoms with Crippen molar-refractivity contribution in [1.29, 1.82) is 0 Å². The largest absolute Gasteiger partial charge is 0.299 e. The standard InChI is InChI=1S/C12H13ClN4O3S2/c1-8-15-16-12(21-8)14-11(18)7-17(2)22(19,20)10-5-3-9(13)4-6-10/h3-6H,7H2,1-2H3,(H,14,16,18). The highest BCUT2D eigenvalue weighted by molar-refractivity contribution is 7.89. The number of carbonyl (C=O) groups is 1. The molecule has 7 nitrogen and oxygen atoms in total. The maximum Gasteiger partial charge on any atom is 0.243 e. The third-order valence-corrected chi connectivity index (χ3v) is 5.48. The summed E-state index contributed by atoms with van der Waals surface area (Å²) in [5.41, 5.74) is 0. The lowest BCUT2D eigenvalue weighted by molar-refractivity contribution is -0.116. The van der Waals surface area contributed by atoms with Crippen molar-refractivity contribution in [3.8, 4) is 0 Å². The van der Waals surface area contributed by atoms with Crippen molar-refractivity contribution in [2.45, 2.75) is 11.8 Å². The average Bonchev–Trinajstić information content (AvgIpc) is 2.84. The van der Waals surface area contributed by atoms with Crippen LogP contribution in [-0.2, 0) is 14.8 Å². The second kappa shape index (κ2) is 6.69. The lowest BCUT2D eigenvalue weighted by Gasteiger charge is -2.16. The van der Waals surface area contributed by atoms with Crippen LogP contribution in [0.5, 0.6) is 0 Å². The van der Waals surface area contributed by atoms with E-state index in [1.54, 1.807) is 6.92 Å². The van der Waals surface area contributed by atoms with E-state index in [1.807, 2.05) is 0 Å². The minimum atomic E-state index is -3.76. The summed E-state index contributed by atoms with van der Waals surface area (Å²) >= 11 is 6.95. The van der Waals surface area contributed by atoms with Crippen LogP contribution in [0.2, 0.25) is 5.02 Å². The molecule has 0 aliphatic rings. The summed E-state index contributed by atoms with van der Waals surface area (Å²) in [5.74, 6) is -0.490.